The third kappa shape index (κ3) is 6.71. The van der Waals surface area contributed by atoms with Gasteiger partial charge in [0.05, 0.1) is 6.20 Å². The maximum atomic E-state index is 4.80. The third-order valence-corrected chi connectivity index (χ3v) is 6.37. The average Bonchev–Trinajstić information content (AvgIpc) is 2.87. The fraction of sp³-hybridized carbons (Fsp3) is 0.379. The minimum Gasteiger partial charge on any atom is -0.381 e. The van der Waals surface area contributed by atoms with Gasteiger partial charge < -0.3 is 20.4 Å². The minimum absolute atomic E-state index is 0.115. The standard InChI is InChI=1S/C29H38N8/c1-20-11-12-21(17-30-23-10-8-9-22(16-23)29(2,3)4)15-24(20)34-27-26-25(32-19-33-27)18-31-28(35-26)37(7)14-13-36(5)6/h8-12,15-16,18-19,30H,13-14,17H2,1-7H3,(H,32,33,34). The minimum atomic E-state index is 0.115. The van der Waals surface area contributed by atoms with E-state index in [1.165, 1.54) is 11.1 Å². The molecule has 8 heteroatoms. The first kappa shape index (κ1) is 26.3. The zero-order chi connectivity index (χ0) is 26.6. The second-order valence-corrected chi connectivity index (χ2v) is 10.8. The largest absolute Gasteiger partial charge is 0.381 e. The Morgan fingerprint density at radius 3 is 2.49 bits per heavy atom. The Morgan fingerprint density at radius 2 is 1.73 bits per heavy atom. The first-order valence-corrected chi connectivity index (χ1v) is 12.6. The number of anilines is 4. The monoisotopic (exact) mass is 498 g/mol. The van der Waals surface area contributed by atoms with Crippen molar-refractivity contribution in [2.24, 2.45) is 0 Å². The lowest BCUT2D eigenvalue weighted by molar-refractivity contribution is 0.415. The summed E-state index contributed by atoms with van der Waals surface area (Å²) in [5, 5.41) is 7.07. The van der Waals surface area contributed by atoms with Crippen molar-refractivity contribution in [2.75, 3.05) is 49.8 Å². The van der Waals surface area contributed by atoms with Crippen molar-refractivity contribution in [3.8, 4) is 0 Å². The van der Waals surface area contributed by atoms with Crippen LogP contribution in [-0.4, -0.2) is 59.1 Å². The molecule has 37 heavy (non-hydrogen) atoms. The van der Waals surface area contributed by atoms with Gasteiger partial charge in [-0.3, -0.25) is 0 Å². The molecule has 0 saturated heterocycles. The Bertz CT molecular complexity index is 1360. The van der Waals surface area contributed by atoms with Gasteiger partial charge in [-0.05, 0) is 61.3 Å². The fourth-order valence-corrected chi connectivity index (χ4v) is 3.91. The lowest BCUT2D eigenvalue weighted by Gasteiger charge is -2.20. The van der Waals surface area contributed by atoms with Gasteiger partial charge in [0.15, 0.2) is 5.82 Å². The number of benzene rings is 2. The third-order valence-electron chi connectivity index (χ3n) is 6.37. The molecule has 2 aromatic heterocycles. The van der Waals surface area contributed by atoms with E-state index in [1.54, 1.807) is 12.5 Å². The molecular formula is C29H38N8. The van der Waals surface area contributed by atoms with Gasteiger partial charge in [0, 0.05) is 38.1 Å². The van der Waals surface area contributed by atoms with E-state index in [9.17, 15) is 0 Å². The van der Waals surface area contributed by atoms with Crippen LogP contribution in [0.2, 0.25) is 0 Å². The van der Waals surface area contributed by atoms with E-state index in [1.807, 2.05) is 11.9 Å². The quantitative estimate of drug-likeness (QED) is 0.318. The number of nitrogens with zero attached hydrogens (tertiary/aromatic N) is 6. The first-order valence-electron chi connectivity index (χ1n) is 12.6. The smallest absolute Gasteiger partial charge is 0.225 e. The summed E-state index contributed by atoms with van der Waals surface area (Å²) in [6.45, 7) is 11.2. The predicted molar refractivity (Wildman–Crippen MR) is 154 cm³/mol. The van der Waals surface area contributed by atoms with Crippen molar-refractivity contribution in [2.45, 2.75) is 39.7 Å². The number of aromatic nitrogens is 4. The average molecular weight is 499 g/mol. The molecule has 194 valence electrons. The highest BCUT2D eigenvalue weighted by molar-refractivity contribution is 5.87. The number of aryl methyl sites for hydroxylation is 1. The molecule has 0 aliphatic rings. The van der Waals surface area contributed by atoms with E-state index in [0.29, 0.717) is 22.8 Å². The molecule has 2 heterocycles. The SMILES string of the molecule is Cc1ccc(CNc2cccc(C(C)(C)C)c2)cc1Nc1ncnc2cnc(N(C)CCN(C)C)nc12. The zero-order valence-electron chi connectivity index (χ0n) is 23.0. The number of likely N-dealkylation sites (N-methyl/N-ethyl adjacent to an activating group) is 2. The van der Waals surface area contributed by atoms with Crippen LogP contribution in [0.4, 0.5) is 23.1 Å². The topological polar surface area (TPSA) is 82.1 Å². The molecule has 4 aromatic rings. The summed E-state index contributed by atoms with van der Waals surface area (Å²) in [5.74, 6) is 1.32. The van der Waals surface area contributed by atoms with Gasteiger partial charge in [-0.2, -0.15) is 0 Å². The zero-order valence-corrected chi connectivity index (χ0v) is 23.0. The molecule has 0 aliphatic heterocycles. The van der Waals surface area contributed by atoms with Crippen molar-refractivity contribution in [3.63, 3.8) is 0 Å². The molecule has 0 spiro atoms. The Balaban J connectivity index is 1.54. The summed E-state index contributed by atoms with van der Waals surface area (Å²) in [6, 6.07) is 15.1. The van der Waals surface area contributed by atoms with Gasteiger partial charge in [0.25, 0.3) is 0 Å². The van der Waals surface area contributed by atoms with Crippen LogP contribution < -0.4 is 15.5 Å². The number of hydrogen-bond acceptors (Lipinski definition) is 8. The Morgan fingerprint density at radius 1 is 0.919 bits per heavy atom. The molecule has 0 aliphatic carbocycles. The molecule has 8 nitrogen and oxygen atoms in total. The van der Waals surface area contributed by atoms with Crippen LogP contribution in [0.25, 0.3) is 11.0 Å². The van der Waals surface area contributed by atoms with Crippen molar-refractivity contribution < 1.29 is 0 Å². The molecule has 0 saturated carbocycles. The fourth-order valence-electron chi connectivity index (χ4n) is 3.91. The van der Waals surface area contributed by atoms with Crippen LogP contribution >= 0.6 is 0 Å². The molecule has 0 atom stereocenters. The van der Waals surface area contributed by atoms with Crippen LogP contribution in [-0.2, 0) is 12.0 Å². The Kier molecular flexibility index (Phi) is 7.88. The first-order chi connectivity index (χ1) is 17.6. The number of hydrogen-bond donors (Lipinski definition) is 2. The second kappa shape index (κ2) is 11.1. The maximum absolute atomic E-state index is 4.80. The lowest BCUT2D eigenvalue weighted by atomic mass is 9.87. The van der Waals surface area contributed by atoms with Crippen molar-refractivity contribution >= 4 is 34.2 Å². The Labute approximate surface area is 220 Å². The highest BCUT2D eigenvalue weighted by Crippen LogP contribution is 2.27. The van der Waals surface area contributed by atoms with Crippen LogP contribution in [0.15, 0.2) is 55.0 Å². The van der Waals surface area contributed by atoms with E-state index in [0.717, 1.165) is 36.6 Å². The maximum Gasteiger partial charge on any atom is 0.225 e. The van der Waals surface area contributed by atoms with E-state index in [-0.39, 0.29) is 5.41 Å². The summed E-state index contributed by atoms with van der Waals surface area (Å²) >= 11 is 0. The van der Waals surface area contributed by atoms with E-state index < -0.39 is 0 Å². The lowest BCUT2D eigenvalue weighted by Crippen LogP contribution is -2.29. The molecule has 0 unspecified atom stereocenters. The summed E-state index contributed by atoms with van der Waals surface area (Å²) < 4.78 is 0. The summed E-state index contributed by atoms with van der Waals surface area (Å²) in [5.41, 5.74) is 7.24. The number of fused-ring (bicyclic) bond motifs is 1. The molecule has 0 radical (unpaired) electrons. The molecule has 2 N–H and O–H groups in total. The van der Waals surface area contributed by atoms with Gasteiger partial charge >= 0.3 is 0 Å². The van der Waals surface area contributed by atoms with Crippen molar-refractivity contribution in [3.05, 3.63) is 71.7 Å². The second-order valence-electron chi connectivity index (χ2n) is 10.8. The van der Waals surface area contributed by atoms with Crippen LogP contribution in [0, 0.1) is 6.92 Å². The van der Waals surface area contributed by atoms with Crippen molar-refractivity contribution in [1.82, 2.24) is 24.8 Å². The molecular weight excluding hydrogens is 460 g/mol. The molecule has 2 aromatic carbocycles. The number of rotatable bonds is 9. The molecule has 4 rings (SSSR count). The summed E-state index contributed by atoms with van der Waals surface area (Å²) in [7, 11) is 6.11. The van der Waals surface area contributed by atoms with Gasteiger partial charge in [-0.25, -0.2) is 19.9 Å². The van der Waals surface area contributed by atoms with Gasteiger partial charge in [-0.15, -0.1) is 0 Å². The van der Waals surface area contributed by atoms with E-state index in [4.69, 9.17) is 4.98 Å². The van der Waals surface area contributed by atoms with Crippen LogP contribution in [0.3, 0.4) is 0 Å². The van der Waals surface area contributed by atoms with Crippen LogP contribution in [0.1, 0.15) is 37.5 Å². The van der Waals surface area contributed by atoms with Gasteiger partial charge in [0.2, 0.25) is 5.95 Å². The van der Waals surface area contributed by atoms with Crippen molar-refractivity contribution in [1.29, 1.82) is 0 Å². The summed E-state index contributed by atoms with van der Waals surface area (Å²) in [6.07, 6.45) is 3.31. The highest BCUT2D eigenvalue weighted by Gasteiger charge is 2.14. The summed E-state index contributed by atoms with van der Waals surface area (Å²) in [4.78, 5) is 22.4. The van der Waals surface area contributed by atoms with Gasteiger partial charge in [0.1, 0.15) is 17.4 Å². The molecule has 0 bridgehead atoms. The van der Waals surface area contributed by atoms with E-state index in [2.05, 4.69) is 115 Å². The highest BCUT2D eigenvalue weighted by atomic mass is 15.3. The Hall–Kier alpha value is -3.78. The van der Waals surface area contributed by atoms with E-state index >= 15 is 0 Å². The normalized spacial score (nSPS) is 11.7. The molecule has 0 amide bonds. The molecule has 0 fully saturated rings. The van der Waals surface area contributed by atoms with Crippen LogP contribution in [0.5, 0.6) is 0 Å². The predicted octanol–water partition coefficient (Wildman–Crippen LogP) is 5.38. The number of nitrogens with one attached hydrogen (secondary N) is 2. The van der Waals surface area contributed by atoms with Gasteiger partial charge in [-0.1, -0.05) is 45.0 Å².